The SMILES string of the molecule is CC(C)n1cc(/C=C2\C(=O)NC(=O)N(C3CCCC3)C2=O)c2ccccc21. The molecule has 1 N–H and O–H groups in total. The van der Waals surface area contributed by atoms with E-state index < -0.39 is 17.8 Å². The minimum Gasteiger partial charge on any atom is -0.344 e. The Labute approximate surface area is 157 Å². The van der Waals surface area contributed by atoms with Crippen LogP contribution in [0.5, 0.6) is 0 Å². The van der Waals surface area contributed by atoms with Crippen LogP contribution < -0.4 is 5.32 Å². The summed E-state index contributed by atoms with van der Waals surface area (Å²) in [5.41, 5.74) is 1.87. The molecule has 1 saturated carbocycles. The molecule has 4 amide bonds. The molecule has 1 saturated heterocycles. The van der Waals surface area contributed by atoms with E-state index in [-0.39, 0.29) is 17.7 Å². The van der Waals surface area contributed by atoms with Gasteiger partial charge in [-0.2, -0.15) is 0 Å². The molecule has 0 radical (unpaired) electrons. The first-order valence-corrected chi connectivity index (χ1v) is 9.47. The van der Waals surface area contributed by atoms with Gasteiger partial charge in [0, 0.05) is 34.7 Å². The molecule has 2 heterocycles. The Balaban J connectivity index is 1.78. The van der Waals surface area contributed by atoms with Gasteiger partial charge < -0.3 is 4.57 Å². The van der Waals surface area contributed by atoms with Crippen LogP contribution in [0.15, 0.2) is 36.0 Å². The van der Waals surface area contributed by atoms with Crippen LogP contribution in [0.2, 0.25) is 0 Å². The molecule has 140 valence electrons. The first-order chi connectivity index (χ1) is 13.0. The molecule has 6 nitrogen and oxygen atoms in total. The summed E-state index contributed by atoms with van der Waals surface area (Å²) in [4.78, 5) is 38.9. The average Bonchev–Trinajstić information content (AvgIpc) is 3.27. The number of carbonyl (C=O) groups excluding carboxylic acids is 3. The number of aromatic nitrogens is 1. The number of benzene rings is 1. The van der Waals surface area contributed by atoms with Gasteiger partial charge in [0.1, 0.15) is 5.57 Å². The Hall–Kier alpha value is -2.89. The van der Waals surface area contributed by atoms with Crippen molar-refractivity contribution in [2.75, 3.05) is 0 Å². The predicted molar refractivity (Wildman–Crippen MR) is 103 cm³/mol. The number of rotatable bonds is 3. The lowest BCUT2D eigenvalue weighted by Crippen LogP contribution is -2.57. The van der Waals surface area contributed by atoms with Crippen molar-refractivity contribution in [3.63, 3.8) is 0 Å². The van der Waals surface area contributed by atoms with E-state index in [0.717, 1.165) is 42.1 Å². The van der Waals surface area contributed by atoms with Gasteiger partial charge in [-0.05, 0) is 38.8 Å². The summed E-state index contributed by atoms with van der Waals surface area (Å²) in [5.74, 6) is -1.11. The van der Waals surface area contributed by atoms with Gasteiger partial charge >= 0.3 is 6.03 Å². The van der Waals surface area contributed by atoms with E-state index in [1.54, 1.807) is 6.08 Å². The lowest BCUT2D eigenvalue weighted by atomic mass is 10.0. The monoisotopic (exact) mass is 365 g/mol. The first-order valence-electron chi connectivity index (χ1n) is 9.47. The second kappa shape index (κ2) is 6.68. The number of carbonyl (C=O) groups is 3. The molecule has 0 atom stereocenters. The zero-order chi connectivity index (χ0) is 19.1. The number of fused-ring (bicyclic) bond motifs is 1. The van der Waals surface area contributed by atoms with Crippen molar-refractivity contribution >= 4 is 34.8 Å². The maximum absolute atomic E-state index is 13.0. The predicted octanol–water partition coefficient (Wildman–Crippen LogP) is 3.63. The molecule has 27 heavy (non-hydrogen) atoms. The van der Waals surface area contributed by atoms with Gasteiger partial charge in [-0.1, -0.05) is 31.0 Å². The van der Waals surface area contributed by atoms with Crippen LogP contribution >= 0.6 is 0 Å². The van der Waals surface area contributed by atoms with Crippen molar-refractivity contribution in [3.8, 4) is 0 Å². The topological polar surface area (TPSA) is 71.4 Å². The van der Waals surface area contributed by atoms with Crippen molar-refractivity contribution in [2.45, 2.75) is 51.6 Å². The Morgan fingerprint density at radius 3 is 2.52 bits per heavy atom. The fourth-order valence-corrected chi connectivity index (χ4v) is 4.09. The van der Waals surface area contributed by atoms with Crippen LogP contribution in [0.3, 0.4) is 0 Å². The number of barbiturate groups is 1. The van der Waals surface area contributed by atoms with Crippen molar-refractivity contribution < 1.29 is 14.4 Å². The number of hydrogen-bond acceptors (Lipinski definition) is 3. The van der Waals surface area contributed by atoms with Crippen molar-refractivity contribution in [1.82, 2.24) is 14.8 Å². The molecule has 4 rings (SSSR count). The molecule has 2 aliphatic rings. The number of imide groups is 2. The molecule has 1 aromatic heterocycles. The summed E-state index contributed by atoms with van der Waals surface area (Å²) in [6.45, 7) is 4.17. The molecular weight excluding hydrogens is 342 g/mol. The quantitative estimate of drug-likeness (QED) is 0.667. The molecule has 1 aliphatic heterocycles. The van der Waals surface area contributed by atoms with Gasteiger partial charge in [0.15, 0.2) is 0 Å². The average molecular weight is 365 g/mol. The maximum Gasteiger partial charge on any atom is 0.331 e. The molecule has 1 aromatic carbocycles. The lowest BCUT2D eigenvalue weighted by Gasteiger charge is -2.31. The van der Waals surface area contributed by atoms with E-state index in [4.69, 9.17) is 0 Å². The van der Waals surface area contributed by atoms with Gasteiger partial charge in [0.05, 0.1) is 0 Å². The van der Waals surface area contributed by atoms with Crippen LogP contribution in [0.1, 0.15) is 51.1 Å². The van der Waals surface area contributed by atoms with Crippen molar-refractivity contribution in [2.24, 2.45) is 0 Å². The first kappa shape index (κ1) is 17.5. The summed E-state index contributed by atoms with van der Waals surface area (Å²) in [6, 6.07) is 7.43. The molecule has 0 spiro atoms. The highest BCUT2D eigenvalue weighted by atomic mass is 16.2. The molecule has 0 unspecified atom stereocenters. The number of hydrogen-bond donors (Lipinski definition) is 1. The zero-order valence-electron chi connectivity index (χ0n) is 15.6. The smallest absolute Gasteiger partial charge is 0.331 e. The Kier molecular flexibility index (Phi) is 4.34. The van der Waals surface area contributed by atoms with Gasteiger partial charge in [-0.3, -0.25) is 19.8 Å². The van der Waals surface area contributed by atoms with Gasteiger partial charge in [0.25, 0.3) is 11.8 Å². The number of nitrogens with one attached hydrogen (secondary N) is 1. The van der Waals surface area contributed by atoms with E-state index in [9.17, 15) is 14.4 Å². The Morgan fingerprint density at radius 1 is 1.11 bits per heavy atom. The third kappa shape index (κ3) is 2.95. The summed E-state index contributed by atoms with van der Waals surface area (Å²) in [6.07, 6.45) is 7.17. The van der Waals surface area contributed by atoms with Gasteiger partial charge in [-0.25, -0.2) is 4.79 Å². The number of nitrogens with zero attached hydrogens (tertiary/aromatic N) is 2. The van der Waals surface area contributed by atoms with E-state index in [1.165, 1.54) is 4.90 Å². The zero-order valence-corrected chi connectivity index (χ0v) is 15.6. The molecule has 2 fully saturated rings. The minimum absolute atomic E-state index is 0.0214. The molecule has 6 heteroatoms. The fraction of sp³-hybridized carbons (Fsp3) is 0.381. The molecular formula is C21H23N3O3. The van der Waals surface area contributed by atoms with Gasteiger partial charge in [0.2, 0.25) is 0 Å². The fourth-order valence-electron chi connectivity index (χ4n) is 4.09. The summed E-state index contributed by atoms with van der Waals surface area (Å²) in [7, 11) is 0. The second-order valence-corrected chi connectivity index (χ2v) is 7.53. The highest BCUT2D eigenvalue weighted by molar-refractivity contribution is 6.31. The third-order valence-corrected chi connectivity index (χ3v) is 5.45. The molecule has 1 aliphatic carbocycles. The third-order valence-electron chi connectivity index (χ3n) is 5.45. The van der Waals surface area contributed by atoms with Crippen LogP contribution in [-0.4, -0.2) is 33.4 Å². The Bertz CT molecular complexity index is 964. The van der Waals surface area contributed by atoms with E-state index in [0.29, 0.717) is 0 Å². The summed E-state index contributed by atoms with van der Waals surface area (Å²) in [5, 5.41) is 3.31. The van der Waals surface area contributed by atoms with Crippen LogP contribution in [-0.2, 0) is 9.59 Å². The highest BCUT2D eigenvalue weighted by Crippen LogP contribution is 2.30. The van der Waals surface area contributed by atoms with Crippen LogP contribution in [0.25, 0.3) is 17.0 Å². The van der Waals surface area contributed by atoms with Crippen LogP contribution in [0.4, 0.5) is 4.79 Å². The minimum atomic E-state index is -0.624. The summed E-state index contributed by atoms with van der Waals surface area (Å²) < 4.78 is 2.12. The number of urea groups is 1. The van der Waals surface area contributed by atoms with Crippen molar-refractivity contribution in [1.29, 1.82) is 0 Å². The maximum atomic E-state index is 13.0. The number of amides is 4. The van der Waals surface area contributed by atoms with Crippen LogP contribution in [0, 0.1) is 0 Å². The second-order valence-electron chi connectivity index (χ2n) is 7.53. The normalized spacial score (nSPS) is 20.3. The molecule has 2 aromatic rings. The highest BCUT2D eigenvalue weighted by Gasteiger charge is 2.40. The largest absolute Gasteiger partial charge is 0.344 e. The summed E-state index contributed by atoms with van der Waals surface area (Å²) >= 11 is 0. The van der Waals surface area contributed by atoms with Gasteiger partial charge in [-0.15, -0.1) is 0 Å². The lowest BCUT2D eigenvalue weighted by molar-refractivity contribution is -0.131. The van der Waals surface area contributed by atoms with E-state index in [2.05, 4.69) is 23.7 Å². The standard InChI is InChI=1S/C21H23N3O3/c1-13(2)23-12-14(16-9-5-6-10-18(16)23)11-17-19(25)22-21(27)24(20(17)26)15-7-3-4-8-15/h5-6,9-13,15H,3-4,7-8H2,1-2H3,(H,22,25,27)/b17-11+. The van der Waals surface area contributed by atoms with Crippen molar-refractivity contribution in [3.05, 3.63) is 41.6 Å². The van der Waals surface area contributed by atoms with E-state index in [1.807, 2.05) is 30.5 Å². The number of para-hydroxylation sites is 1. The van der Waals surface area contributed by atoms with E-state index >= 15 is 0 Å². The molecule has 0 bridgehead atoms. The Morgan fingerprint density at radius 2 is 1.81 bits per heavy atom.